The summed E-state index contributed by atoms with van der Waals surface area (Å²) in [5, 5.41) is 9.73. The van der Waals surface area contributed by atoms with E-state index in [9.17, 15) is 9.90 Å². The first-order chi connectivity index (χ1) is 14.1. The zero-order chi connectivity index (χ0) is 20.2. The van der Waals surface area contributed by atoms with Crippen molar-refractivity contribution in [3.05, 3.63) is 89.2 Å². The van der Waals surface area contributed by atoms with E-state index in [4.69, 9.17) is 0 Å². The monoisotopic (exact) mass is 387 g/mol. The van der Waals surface area contributed by atoms with Crippen LogP contribution in [0.15, 0.2) is 66.9 Å². The maximum absolute atomic E-state index is 13.0. The molecular weight excluding hydrogens is 362 g/mol. The number of hydrogen-bond donors (Lipinski definition) is 1. The average molecular weight is 387 g/mol. The van der Waals surface area contributed by atoms with Gasteiger partial charge in [0, 0.05) is 37.1 Å². The highest BCUT2D eigenvalue weighted by atomic mass is 16.3. The van der Waals surface area contributed by atoms with Gasteiger partial charge in [0.15, 0.2) is 0 Å². The molecule has 4 rings (SSSR count). The summed E-state index contributed by atoms with van der Waals surface area (Å²) in [7, 11) is 0. The second kappa shape index (κ2) is 8.35. The van der Waals surface area contributed by atoms with Gasteiger partial charge in [-0.15, -0.1) is 0 Å². The molecule has 148 valence electrons. The third-order valence-electron chi connectivity index (χ3n) is 5.43. The maximum Gasteiger partial charge on any atom is 0.254 e. The van der Waals surface area contributed by atoms with Crippen molar-refractivity contribution in [2.24, 2.45) is 0 Å². The van der Waals surface area contributed by atoms with Crippen LogP contribution in [0.5, 0.6) is 5.75 Å². The van der Waals surface area contributed by atoms with E-state index in [-0.39, 0.29) is 11.7 Å². The molecule has 0 spiro atoms. The average Bonchev–Trinajstić information content (AvgIpc) is 2.77. The molecule has 0 aliphatic carbocycles. The van der Waals surface area contributed by atoms with Crippen LogP contribution in [0.1, 0.15) is 34.1 Å². The van der Waals surface area contributed by atoms with Gasteiger partial charge in [-0.3, -0.25) is 9.78 Å². The zero-order valence-corrected chi connectivity index (χ0v) is 16.6. The Bertz CT molecular complexity index is 987. The first-order valence-corrected chi connectivity index (χ1v) is 9.99. The van der Waals surface area contributed by atoms with Crippen LogP contribution < -0.4 is 4.90 Å². The van der Waals surface area contributed by atoms with Gasteiger partial charge >= 0.3 is 0 Å². The molecular formula is C24H25N3O2. The Morgan fingerprint density at radius 2 is 1.93 bits per heavy atom. The first kappa shape index (κ1) is 19.0. The maximum atomic E-state index is 13.0. The number of phenolic OH excluding ortho intramolecular Hbond substituents is 1. The Labute approximate surface area is 171 Å². The smallest absolute Gasteiger partial charge is 0.254 e. The Balaban J connectivity index is 1.46. The van der Waals surface area contributed by atoms with Gasteiger partial charge in [-0.1, -0.05) is 12.1 Å². The van der Waals surface area contributed by atoms with E-state index in [0.29, 0.717) is 18.7 Å². The summed E-state index contributed by atoms with van der Waals surface area (Å²) in [6.45, 7) is 4.93. The van der Waals surface area contributed by atoms with E-state index in [1.165, 1.54) is 5.56 Å². The summed E-state index contributed by atoms with van der Waals surface area (Å²) >= 11 is 0. The fraction of sp³-hybridized carbons (Fsp3) is 0.250. The van der Waals surface area contributed by atoms with Crippen molar-refractivity contribution < 1.29 is 9.90 Å². The molecule has 5 heteroatoms. The summed E-state index contributed by atoms with van der Waals surface area (Å²) in [5.41, 5.74) is 5.00. The molecule has 29 heavy (non-hydrogen) atoms. The minimum absolute atomic E-state index is 0.0262. The molecule has 1 N–H and O–H groups in total. The van der Waals surface area contributed by atoms with Gasteiger partial charge in [-0.05, 0) is 73.0 Å². The number of phenols is 1. The van der Waals surface area contributed by atoms with Gasteiger partial charge in [-0.25, -0.2) is 0 Å². The SMILES string of the molecule is CCN(Cc1ccccn1)c1ccc(C(=O)N2CCc3ccc(O)cc3C2)cc1. The molecule has 1 amide bonds. The van der Waals surface area contributed by atoms with Crippen LogP contribution in [0.25, 0.3) is 0 Å². The highest BCUT2D eigenvalue weighted by Crippen LogP contribution is 2.25. The number of carbonyl (C=O) groups excluding carboxylic acids is 1. The number of aromatic nitrogens is 1. The van der Waals surface area contributed by atoms with Crippen LogP contribution in [0.3, 0.4) is 0 Å². The lowest BCUT2D eigenvalue weighted by Gasteiger charge is -2.29. The number of fused-ring (bicyclic) bond motifs is 1. The standard InChI is InChI=1S/C24H25N3O2/c1-2-26(17-21-5-3-4-13-25-21)22-9-6-19(7-10-22)24(29)27-14-12-18-8-11-23(28)15-20(18)16-27/h3-11,13,15,28H,2,12,14,16-17H2,1H3. The highest BCUT2D eigenvalue weighted by molar-refractivity contribution is 5.94. The number of aromatic hydroxyl groups is 1. The normalized spacial score (nSPS) is 13.1. The van der Waals surface area contributed by atoms with Crippen LogP contribution in [0.4, 0.5) is 5.69 Å². The molecule has 1 aliphatic heterocycles. The van der Waals surface area contributed by atoms with Crippen LogP contribution in [-0.2, 0) is 19.5 Å². The van der Waals surface area contributed by atoms with Gasteiger partial charge < -0.3 is 14.9 Å². The molecule has 2 aromatic carbocycles. The molecule has 1 aliphatic rings. The van der Waals surface area contributed by atoms with Crippen LogP contribution in [0, 0.1) is 0 Å². The Morgan fingerprint density at radius 3 is 2.66 bits per heavy atom. The van der Waals surface area contributed by atoms with E-state index < -0.39 is 0 Å². The van der Waals surface area contributed by atoms with Crippen LogP contribution in [0.2, 0.25) is 0 Å². The summed E-state index contributed by atoms with van der Waals surface area (Å²) in [6.07, 6.45) is 2.62. The first-order valence-electron chi connectivity index (χ1n) is 9.99. The largest absolute Gasteiger partial charge is 0.508 e. The minimum Gasteiger partial charge on any atom is -0.508 e. The van der Waals surface area contributed by atoms with E-state index in [0.717, 1.165) is 36.5 Å². The molecule has 0 saturated heterocycles. The van der Waals surface area contributed by atoms with Crippen molar-refractivity contribution in [3.8, 4) is 5.75 Å². The molecule has 0 atom stereocenters. The molecule has 3 aromatic rings. The fourth-order valence-corrected chi connectivity index (χ4v) is 3.79. The summed E-state index contributed by atoms with van der Waals surface area (Å²) in [6, 6.07) is 19.2. The summed E-state index contributed by atoms with van der Waals surface area (Å²) < 4.78 is 0. The second-order valence-corrected chi connectivity index (χ2v) is 7.31. The molecule has 0 saturated carbocycles. The summed E-state index contributed by atoms with van der Waals surface area (Å²) in [4.78, 5) is 21.5. The van der Waals surface area contributed by atoms with Crippen molar-refractivity contribution in [1.29, 1.82) is 0 Å². The zero-order valence-electron chi connectivity index (χ0n) is 16.6. The van der Waals surface area contributed by atoms with E-state index in [1.54, 1.807) is 18.3 Å². The number of pyridine rings is 1. The minimum atomic E-state index is 0.0262. The summed E-state index contributed by atoms with van der Waals surface area (Å²) in [5.74, 6) is 0.272. The lowest BCUT2D eigenvalue weighted by Crippen LogP contribution is -2.35. The topological polar surface area (TPSA) is 56.7 Å². The van der Waals surface area contributed by atoms with E-state index in [2.05, 4.69) is 16.8 Å². The molecule has 0 unspecified atom stereocenters. The van der Waals surface area contributed by atoms with Crippen molar-refractivity contribution in [3.63, 3.8) is 0 Å². The van der Waals surface area contributed by atoms with Gasteiger partial charge in [0.05, 0.1) is 12.2 Å². The number of hydrogen-bond acceptors (Lipinski definition) is 4. The van der Waals surface area contributed by atoms with Crippen LogP contribution in [-0.4, -0.2) is 34.0 Å². The lowest BCUT2D eigenvalue weighted by atomic mass is 9.99. The molecule has 0 bridgehead atoms. The van der Waals surface area contributed by atoms with Gasteiger partial charge in [0.25, 0.3) is 5.91 Å². The number of nitrogens with zero attached hydrogens (tertiary/aromatic N) is 3. The molecule has 0 radical (unpaired) electrons. The van der Waals surface area contributed by atoms with Crippen molar-refractivity contribution in [2.45, 2.75) is 26.4 Å². The van der Waals surface area contributed by atoms with E-state index in [1.807, 2.05) is 53.4 Å². The molecule has 2 heterocycles. The number of anilines is 1. The van der Waals surface area contributed by atoms with E-state index >= 15 is 0 Å². The predicted octanol–water partition coefficient (Wildman–Crippen LogP) is 4.01. The third kappa shape index (κ3) is 4.24. The van der Waals surface area contributed by atoms with Gasteiger partial charge in [0.1, 0.15) is 5.75 Å². The highest BCUT2D eigenvalue weighted by Gasteiger charge is 2.22. The quantitative estimate of drug-likeness (QED) is 0.719. The number of rotatable bonds is 5. The van der Waals surface area contributed by atoms with Gasteiger partial charge in [0.2, 0.25) is 0 Å². The predicted molar refractivity (Wildman–Crippen MR) is 114 cm³/mol. The van der Waals surface area contributed by atoms with Gasteiger partial charge in [-0.2, -0.15) is 0 Å². The Hall–Kier alpha value is -3.34. The third-order valence-corrected chi connectivity index (χ3v) is 5.43. The van der Waals surface area contributed by atoms with Crippen molar-refractivity contribution >= 4 is 11.6 Å². The molecule has 1 aromatic heterocycles. The van der Waals surface area contributed by atoms with Crippen molar-refractivity contribution in [1.82, 2.24) is 9.88 Å². The van der Waals surface area contributed by atoms with Crippen LogP contribution >= 0.6 is 0 Å². The fourth-order valence-electron chi connectivity index (χ4n) is 3.79. The number of amides is 1. The Morgan fingerprint density at radius 1 is 1.10 bits per heavy atom. The second-order valence-electron chi connectivity index (χ2n) is 7.31. The van der Waals surface area contributed by atoms with Crippen molar-refractivity contribution in [2.75, 3.05) is 18.0 Å². The Kier molecular flexibility index (Phi) is 5.47. The number of carbonyl (C=O) groups is 1. The molecule has 5 nitrogen and oxygen atoms in total. The molecule has 0 fully saturated rings. The number of benzene rings is 2. The lowest BCUT2D eigenvalue weighted by molar-refractivity contribution is 0.0734.